The van der Waals surface area contributed by atoms with E-state index in [0.29, 0.717) is 6.10 Å². The number of hydrogen-bond acceptors (Lipinski definition) is 1. The van der Waals surface area contributed by atoms with E-state index in [1.54, 1.807) is 0 Å². The number of ether oxygens (including phenoxy) is 1. The summed E-state index contributed by atoms with van der Waals surface area (Å²) in [7, 11) is 0. The highest BCUT2D eigenvalue weighted by Crippen LogP contribution is 2.36. The Hall–Kier alpha value is -0.560. The Morgan fingerprint density at radius 2 is 2.00 bits per heavy atom. The molecule has 0 spiro atoms. The molecular formula is C11H18O. The zero-order valence-corrected chi connectivity index (χ0v) is 7.88. The summed E-state index contributed by atoms with van der Waals surface area (Å²) < 4.78 is 5.89. The van der Waals surface area contributed by atoms with Gasteiger partial charge in [-0.25, -0.2) is 0 Å². The Bertz CT molecular complexity index is 162. The molecule has 12 heavy (non-hydrogen) atoms. The van der Waals surface area contributed by atoms with Crippen molar-refractivity contribution < 1.29 is 4.74 Å². The van der Waals surface area contributed by atoms with Gasteiger partial charge in [-0.15, -0.1) is 13.2 Å². The van der Waals surface area contributed by atoms with Gasteiger partial charge in [0.2, 0.25) is 0 Å². The summed E-state index contributed by atoms with van der Waals surface area (Å²) in [6.45, 7) is 9.66. The summed E-state index contributed by atoms with van der Waals surface area (Å²) in [5, 5.41) is 0. The van der Waals surface area contributed by atoms with Gasteiger partial charge in [0.1, 0.15) is 0 Å². The monoisotopic (exact) mass is 166 g/mol. The third kappa shape index (κ3) is 1.98. The van der Waals surface area contributed by atoms with Crippen molar-refractivity contribution in [1.82, 2.24) is 0 Å². The minimum Gasteiger partial charge on any atom is -0.371 e. The molecule has 0 N–H and O–H groups in total. The molecule has 1 aliphatic rings. The van der Waals surface area contributed by atoms with Crippen molar-refractivity contribution in [3.05, 3.63) is 25.3 Å². The van der Waals surface area contributed by atoms with Crippen LogP contribution >= 0.6 is 0 Å². The van der Waals surface area contributed by atoms with Crippen LogP contribution in [0.3, 0.4) is 0 Å². The normalized spacial score (nSPS) is 26.9. The van der Waals surface area contributed by atoms with Crippen LogP contribution < -0.4 is 0 Å². The zero-order chi connectivity index (χ0) is 9.03. The van der Waals surface area contributed by atoms with Crippen molar-refractivity contribution in [2.45, 2.75) is 44.3 Å². The van der Waals surface area contributed by atoms with Crippen molar-refractivity contribution >= 4 is 0 Å². The van der Waals surface area contributed by atoms with Crippen LogP contribution in [-0.2, 0) is 4.74 Å². The molecule has 1 aliphatic heterocycles. The van der Waals surface area contributed by atoms with E-state index in [9.17, 15) is 0 Å². The third-order valence-electron chi connectivity index (χ3n) is 2.49. The van der Waals surface area contributed by atoms with Crippen LogP contribution in [0.1, 0.15) is 32.6 Å². The molecule has 1 nitrogen and oxygen atoms in total. The topological polar surface area (TPSA) is 9.23 Å². The van der Waals surface area contributed by atoms with Gasteiger partial charge in [-0.1, -0.05) is 12.2 Å². The Balaban J connectivity index is 2.59. The molecule has 1 fully saturated rings. The van der Waals surface area contributed by atoms with Crippen molar-refractivity contribution in [2.75, 3.05) is 0 Å². The van der Waals surface area contributed by atoms with Gasteiger partial charge in [0, 0.05) is 0 Å². The van der Waals surface area contributed by atoms with Crippen LogP contribution in [0.4, 0.5) is 0 Å². The van der Waals surface area contributed by atoms with Gasteiger partial charge < -0.3 is 4.74 Å². The lowest BCUT2D eigenvalue weighted by atomic mass is 9.92. The van der Waals surface area contributed by atoms with Gasteiger partial charge >= 0.3 is 0 Å². The summed E-state index contributed by atoms with van der Waals surface area (Å²) in [6.07, 6.45) is 8.51. The number of rotatable bonds is 4. The summed E-state index contributed by atoms with van der Waals surface area (Å²) >= 11 is 0. The van der Waals surface area contributed by atoms with E-state index in [0.717, 1.165) is 19.3 Å². The van der Waals surface area contributed by atoms with Crippen LogP contribution in [0.5, 0.6) is 0 Å². The number of hydrogen-bond donors (Lipinski definition) is 0. The quantitative estimate of drug-likeness (QED) is 0.583. The highest BCUT2D eigenvalue weighted by molar-refractivity contribution is 4.97. The smallest absolute Gasteiger partial charge is 0.0755 e. The van der Waals surface area contributed by atoms with Gasteiger partial charge in [-0.05, 0) is 32.6 Å². The fourth-order valence-electron chi connectivity index (χ4n) is 1.92. The van der Waals surface area contributed by atoms with Crippen LogP contribution in [0.15, 0.2) is 25.3 Å². The van der Waals surface area contributed by atoms with E-state index in [-0.39, 0.29) is 5.60 Å². The molecule has 0 aromatic heterocycles. The van der Waals surface area contributed by atoms with Crippen LogP contribution in [0.2, 0.25) is 0 Å². The summed E-state index contributed by atoms with van der Waals surface area (Å²) in [4.78, 5) is 0. The predicted molar refractivity (Wildman–Crippen MR) is 52.1 cm³/mol. The van der Waals surface area contributed by atoms with Crippen molar-refractivity contribution in [3.8, 4) is 0 Å². The molecule has 1 heterocycles. The van der Waals surface area contributed by atoms with Gasteiger partial charge in [-0.2, -0.15) is 0 Å². The Labute approximate surface area is 75.1 Å². The first-order chi connectivity index (χ1) is 5.72. The summed E-state index contributed by atoms with van der Waals surface area (Å²) in [6, 6.07) is 0. The maximum absolute atomic E-state index is 5.89. The first-order valence-corrected chi connectivity index (χ1v) is 4.62. The van der Waals surface area contributed by atoms with E-state index in [2.05, 4.69) is 20.1 Å². The molecule has 0 aromatic rings. The molecule has 0 amide bonds. The first kappa shape index (κ1) is 9.53. The van der Waals surface area contributed by atoms with Crippen LogP contribution in [0.25, 0.3) is 0 Å². The molecule has 0 radical (unpaired) electrons. The minimum atomic E-state index is 0.0307. The Morgan fingerprint density at radius 3 is 2.33 bits per heavy atom. The SMILES string of the molecule is C=CCC1(CC=C)CCC(C)O1. The van der Waals surface area contributed by atoms with E-state index in [1.807, 2.05) is 12.2 Å². The molecule has 1 unspecified atom stereocenters. The van der Waals surface area contributed by atoms with Gasteiger partial charge in [0.05, 0.1) is 11.7 Å². The average molecular weight is 166 g/mol. The molecule has 68 valence electrons. The average Bonchev–Trinajstić information content (AvgIpc) is 2.34. The van der Waals surface area contributed by atoms with Crippen LogP contribution in [-0.4, -0.2) is 11.7 Å². The first-order valence-electron chi connectivity index (χ1n) is 4.62. The van der Waals surface area contributed by atoms with E-state index in [1.165, 1.54) is 6.42 Å². The standard InChI is InChI=1S/C11H18O/c1-4-7-11(8-5-2)9-6-10(3)12-11/h4-5,10H,1-2,6-9H2,3H3. The molecule has 0 saturated carbocycles. The van der Waals surface area contributed by atoms with E-state index in [4.69, 9.17) is 4.74 Å². The third-order valence-corrected chi connectivity index (χ3v) is 2.49. The van der Waals surface area contributed by atoms with E-state index >= 15 is 0 Å². The molecule has 1 rings (SSSR count). The molecule has 0 aromatic carbocycles. The largest absolute Gasteiger partial charge is 0.371 e. The highest BCUT2D eigenvalue weighted by atomic mass is 16.5. The molecular weight excluding hydrogens is 148 g/mol. The molecule has 1 heteroatoms. The van der Waals surface area contributed by atoms with E-state index < -0.39 is 0 Å². The second-order valence-electron chi connectivity index (χ2n) is 3.64. The van der Waals surface area contributed by atoms with Gasteiger partial charge in [0.25, 0.3) is 0 Å². The highest BCUT2D eigenvalue weighted by Gasteiger charge is 2.35. The Kier molecular flexibility index (Phi) is 3.10. The van der Waals surface area contributed by atoms with Gasteiger partial charge in [-0.3, -0.25) is 0 Å². The fraction of sp³-hybridized carbons (Fsp3) is 0.636. The van der Waals surface area contributed by atoms with Crippen molar-refractivity contribution in [1.29, 1.82) is 0 Å². The lowest BCUT2D eigenvalue weighted by Crippen LogP contribution is -2.27. The molecule has 1 saturated heterocycles. The fourth-order valence-corrected chi connectivity index (χ4v) is 1.92. The van der Waals surface area contributed by atoms with Crippen molar-refractivity contribution in [2.24, 2.45) is 0 Å². The minimum absolute atomic E-state index is 0.0307. The molecule has 0 bridgehead atoms. The van der Waals surface area contributed by atoms with Crippen LogP contribution in [0, 0.1) is 0 Å². The maximum Gasteiger partial charge on any atom is 0.0755 e. The second-order valence-corrected chi connectivity index (χ2v) is 3.64. The lowest BCUT2D eigenvalue weighted by Gasteiger charge is -2.26. The molecule has 0 aliphatic carbocycles. The van der Waals surface area contributed by atoms with Crippen molar-refractivity contribution in [3.63, 3.8) is 0 Å². The lowest BCUT2D eigenvalue weighted by molar-refractivity contribution is -0.0295. The predicted octanol–water partition coefficient (Wildman–Crippen LogP) is 3.08. The maximum atomic E-state index is 5.89. The zero-order valence-electron chi connectivity index (χ0n) is 7.88. The second kappa shape index (κ2) is 3.90. The molecule has 1 atom stereocenters. The Morgan fingerprint density at radius 1 is 1.42 bits per heavy atom. The summed E-state index contributed by atoms with van der Waals surface area (Å²) in [5.74, 6) is 0. The summed E-state index contributed by atoms with van der Waals surface area (Å²) in [5.41, 5.74) is 0.0307. The van der Waals surface area contributed by atoms with Gasteiger partial charge in [0.15, 0.2) is 0 Å².